The molecule has 1 aromatic heterocycles. The van der Waals surface area contributed by atoms with Crippen molar-refractivity contribution in [2.45, 2.75) is 69.9 Å². The number of rotatable bonds is 6. The van der Waals surface area contributed by atoms with Gasteiger partial charge in [-0.05, 0) is 38.7 Å². The first kappa shape index (κ1) is 14.3. The minimum absolute atomic E-state index is 0.570. The third kappa shape index (κ3) is 4.20. The SMILES string of the molecule is C=CCCC(C)(O)Cc1ccn(C2CCCCC2)n1. The molecular formula is C16H26N2O. The van der Waals surface area contributed by atoms with Crippen molar-refractivity contribution < 1.29 is 5.11 Å². The zero-order valence-electron chi connectivity index (χ0n) is 12.0. The lowest BCUT2D eigenvalue weighted by Crippen LogP contribution is -2.27. The predicted molar refractivity (Wildman–Crippen MR) is 78.1 cm³/mol. The number of aromatic nitrogens is 2. The Morgan fingerprint density at radius 1 is 1.47 bits per heavy atom. The molecule has 0 aliphatic heterocycles. The molecule has 0 amide bonds. The Kier molecular flexibility index (Phi) is 4.81. The van der Waals surface area contributed by atoms with Gasteiger partial charge in [0.25, 0.3) is 0 Å². The van der Waals surface area contributed by atoms with Gasteiger partial charge in [-0.1, -0.05) is 25.3 Å². The summed E-state index contributed by atoms with van der Waals surface area (Å²) in [7, 11) is 0. The molecule has 0 spiro atoms. The van der Waals surface area contributed by atoms with E-state index in [9.17, 15) is 5.11 Å². The Bertz CT molecular complexity index is 403. The maximum Gasteiger partial charge on any atom is 0.0678 e. The van der Waals surface area contributed by atoms with Gasteiger partial charge in [0, 0.05) is 12.6 Å². The summed E-state index contributed by atoms with van der Waals surface area (Å²) in [6, 6.07) is 2.62. The van der Waals surface area contributed by atoms with E-state index in [4.69, 9.17) is 0 Å². The summed E-state index contributed by atoms with van der Waals surface area (Å²) in [5.41, 5.74) is 0.319. The van der Waals surface area contributed by atoms with Crippen molar-refractivity contribution in [1.29, 1.82) is 0 Å². The minimum atomic E-state index is -0.681. The standard InChI is InChI=1S/C16H26N2O/c1-3-4-11-16(2,19)13-14-10-12-18(17-14)15-8-6-5-7-9-15/h3,10,12,15,19H,1,4-9,11,13H2,2H3. The van der Waals surface area contributed by atoms with Crippen LogP contribution in [0.5, 0.6) is 0 Å². The molecule has 19 heavy (non-hydrogen) atoms. The first-order chi connectivity index (χ1) is 9.11. The van der Waals surface area contributed by atoms with Crippen LogP contribution in [0, 0.1) is 0 Å². The Labute approximate surface area is 116 Å². The summed E-state index contributed by atoms with van der Waals surface area (Å²) in [5.74, 6) is 0. The van der Waals surface area contributed by atoms with Gasteiger partial charge in [0.15, 0.2) is 0 Å². The zero-order chi connectivity index (χ0) is 13.7. The van der Waals surface area contributed by atoms with Crippen LogP contribution in [0.4, 0.5) is 0 Å². The lowest BCUT2D eigenvalue weighted by Gasteiger charge is -2.23. The third-order valence-corrected chi connectivity index (χ3v) is 4.06. The second-order valence-electron chi connectivity index (χ2n) is 6.08. The fourth-order valence-electron chi connectivity index (χ4n) is 2.91. The summed E-state index contributed by atoms with van der Waals surface area (Å²) in [6.07, 6.45) is 12.6. The molecule has 0 bridgehead atoms. The van der Waals surface area contributed by atoms with E-state index in [1.165, 1.54) is 32.1 Å². The smallest absolute Gasteiger partial charge is 0.0678 e. The topological polar surface area (TPSA) is 38.0 Å². The number of aliphatic hydroxyl groups is 1. The fourth-order valence-corrected chi connectivity index (χ4v) is 2.91. The van der Waals surface area contributed by atoms with Crippen LogP contribution in [0.15, 0.2) is 24.9 Å². The average molecular weight is 262 g/mol. The molecule has 2 rings (SSSR count). The van der Waals surface area contributed by atoms with Crippen LogP contribution in [-0.4, -0.2) is 20.5 Å². The Hall–Kier alpha value is -1.09. The lowest BCUT2D eigenvalue weighted by atomic mass is 9.94. The van der Waals surface area contributed by atoms with E-state index in [1.54, 1.807) is 0 Å². The van der Waals surface area contributed by atoms with Gasteiger partial charge in [-0.2, -0.15) is 5.10 Å². The maximum absolute atomic E-state index is 10.3. The van der Waals surface area contributed by atoms with Crippen molar-refractivity contribution in [3.05, 3.63) is 30.6 Å². The molecule has 0 aromatic carbocycles. The summed E-state index contributed by atoms with van der Waals surface area (Å²) in [5, 5.41) is 15.0. The molecule has 1 fully saturated rings. The quantitative estimate of drug-likeness (QED) is 0.795. The molecule has 3 nitrogen and oxygen atoms in total. The van der Waals surface area contributed by atoms with Crippen LogP contribution >= 0.6 is 0 Å². The van der Waals surface area contributed by atoms with Gasteiger partial charge in [-0.3, -0.25) is 4.68 Å². The molecule has 1 saturated carbocycles. The molecule has 1 heterocycles. The van der Waals surface area contributed by atoms with Crippen LogP contribution in [0.2, 0.25) is 0 Å². The van der Waals surface area contributed by atoms with Crippen LogP contribution in [0.3, 0.4) is 0 Å². The van der Waals surface area contributed by atoms with Crippen molar-refractivity contribution in [1.82, 2.24) is 9.78 Å². The van der Waals surface area contributed by atoms with E-state index in [-0.39, 0.29) is 0 Å². The average Bonchev–Trinajstić information content (AvgIpc) is 2.85. The molecule has 0 saturated heterocycles. The molecule has 1 aliphatic rings. The normalized spacial score (nSPS) is 20.1. The highest BCUT2D eigenvalue weighted by molar-refractivity contribution is 5.04. The van der Waals surface area contributed by atoms with Gasteiger partial charge in [0.05, 0.1) is 17.3 Å². The summed E-state index contributed by atoms with van der Waals surface area (Å²) in [4.78, 5) is 0. The molecule has 106 valence electrons. The monoisotopic (exact) mass is 262 g/mol. The first-order valence-electron chi connectivity index (χ1n) is 7.48. The molecule has 1 N–H and O–H groups in total. The molecule has 3 heteroatoms. The largest absolute Gasteiger partial charge is 0.390 e. The minimum Gasteiger partial charge on any atom is -0.390 e. The zero-order valence-corrected chi connectivity index (χ0v) is 12.0. The van der Waals surface area contributed by atoms with Crippen molar-refractivity contribution >= 4 is 0 Å². The molecule has 1 atom stereocenters. The van der Waals surface area contributed by atoms with Crippen LogP contribution in [0.25, 0.3) is 0 Å². The van der Waals surface area contributed by atoms with Crippen molar-refractivity contribution in [3.63, 3.8) is 0 Å². The fraction of sp³-hybridized carbons (Fsp3) is 0.688. The summed E-state index contributed by atoms with van der Waals surface area (Å²) in [6.45, 7) is 5.59. The first-order valence-corrected chi connectivity index (χ1v) is 7.48. The number of nitrogens with zero attached hydrogens (tertiary/aromatic N) is 2. The molecule has 1 unspecified atom stereocenters. The van der Waals surface area contributed by atoms with Gasteiger partial charge in [0.2, 0.25) is 0 Å². The van der Waals surface area contributed by atoms with Crippen molar-refractivity contribution in [2.24, 2.45) is 0 Å². The van der Waals surface area contributed by atoms with E-state index in [1.807, 2.05) is 13.0 Å². The molecular weight excluding hydrogens is 236 g/mol. The highest BCUT2D eigenvalue weighted by Crippen LogP contribution is 2.28. The van der Waals surface area contributed by atoms with Gasteiger partial charge in [-0.25, -0.2) is 0 Å². The predicted octanol–water partition coefficient (Wildman–Crippen LogP) is 3.65. The van der Waals surface area contributed by atoms with Crippen LogP contribution < -0.4 is 0 Å². The second-order valence-corrected chi connectivity index (χ2v) is 6.08. The molecule has 0 radical (unpaired) electrons. The Balaban J connectivity index is 1.94. The van der Waals surface area contributed by atoms with Crippen LogP contribution in [0.1, 0.15) is 63.6 Å². The number of hydrogen-bond acceptors (Lipinski definition) is 2. The Morgan fingerprint density at radius 3 is 2.89 bits per heavy atom. The van der Waals surface area contributed by atoms with E-state index < -0.39 is 5.60 Å². The van der Waals surface area contributed by atoms with Gasteiger partial charge in [0.1, 0.15) is 0 Å². The number of hydrogen-bond donors (Lipinski definition) is 1. The van der Waals surface area contributed by atoms with Crippen molar-refractivity contribution in [3.8, 4) is 0 Å². The van der Waals surface area contributed by atoms with E-state index >= 15 is 0 Å². The van der Waals surface area contributed by atoms with Gasteiger partial charge >= 0.3 is 0 Å². The number of allylic oxidation sites excluding steroid dienone is 1. The van der Waals surface area contributed by atoms with E-state index in [2.05, 4.69) is 28.6 Å². The third-order valence-electron chi connectivity index (χ3n) is 4.06. The highest BCUT2D eigenvalue weighted by Gasteiger charge is 2.22. The second kappa shape index (κ2) is 6.38. The molecule has 1 aromatic rings. The Morgan fingerprint density at radius 2 is 2.21 bits per heavy atom. The summed E-state index contributed by atoms with van der Waals surface area (Å²) >= 11 is 0. The van der Waals surface area contributed by atoms with Crippen molar-refractivity contribution in [2.75, 3.05) is 0 Å². The van der Waals surface area contributed by atoms with E-state index in [0.717, 1.165) is 18.5 Å². The highest BCUT2D eigenvalue weighted by atomic mass is 16.3. The lowest BCUT2D eigenvalue weighted by molar-refractivity contribution is 0.0511. The van der Waals surface area contributed by atoms with Gasteiger partial charge in [-0.15, -0.1) is 6.58 Å². The molecule has 1 aliphatic carbocycles. The van der Waals surface area contributed by atoms with Crippen LogP contribution in [-0.2, 0) is 6.42 Å². The van der Waals surface area contributed by atoms with E-state index in [0.29, 0.717) is 12.5 Å². The maximum atomic E-state index is 10.3. The summed E-state index contributed by atoms with van der Waals surface area (Å²) < 4.78 is 2.11. The van der Waals surface area contributed by atoms with Gasteiger partial charge < -0.3 is 5.11 Å².